The summed E-state index contributed by atoms with van der Waals surface area (Å²) in [6.07, 6.45) is -3.75. The van der Waals surface area contributed by atoms with Crippen molar-refractivity contribution in [2.75, 3.05) is 19.6 Å². The summed E-state index contributed by atoms with van der Waals surface area (Å²) in [5.41, 5.74) is -0.699. The SMILES string of the molecule is CC(C)N(CC(F)(F)F)C(=O)C1(C)CCNC1. The summed E-state index contributed by atoms with van der Waals surface area (Å²) < 4.78 is 37.3. The molecule has 0 saturated carbocycles. The number of halogens is 3. The third-order valence-corrected chi connectivity index (χ3v) is 3.12. The molecule has 0 radical (unpaired) electrons. The normalized spacial score (nSPS) is 25.4. The van der Waals surface area contributed by atoms with Crippen molar-refractivity contribution < 1.29 is 18.0 Å². The van der Waals surface area contributed by atoms with E-state index in [-0.39, 0.29) is 0 Å². The van der Waals surface area contributed by atoms with E-state index in [1.165, 1.54) is 0 Å². The summed E-state index contributed by atoms with van der Waals surface area (Å²) in [6, 6.07) is -0.443. The summed E-state index contributed by atoms with van der Waals surface area (Å²) in [5, 5.41) is 3.02. The molecule has 1 saturated heterocycles. The Morgan fingerprint density at radius 3 is 2.41 bits per heavy atom. The number of nitrogens with zero attached hydrogens (tertiary/aromatic N) is 1. The number of nitrogens with one attached hydrogen (secondary N) is 1. The summed E-state index contributed by atoms with van der Waals surface area (Å²) in [4.78, 5) is 13.1. The van der Waals surface area contributed by atoms with Crippen LogP contribution < -0.4 is 5.32 Å². The fraction of sp³-hybridized carbons (Fsp3) is 0.909. The van der Waals surface area contributed by atoms with Gasteiger partial charge in [0.25, 0.3) is 0 Å². The molecule has 1 aliphatic heterocycles. The molecule has 1 N–H and O–H groups in total. The highest BCUT2D eigenvalue weighted by Crippen LogP contribution is 2.29. The van der Waals surface area contributed by atoms with Gasteiger partial charge in [-0.25, -0.2) is 0 Å². The van der Waals surface area contributed by atoms with Crippen LogP contribution in [0.5, 0.6) is 0 Å². The molecule has 100 valence electrons. The van der Waals surface area contributed by atoms with Crippen molar-refractivity contribution in [3.8, 4) is 0 Å². The highest BCUT2D eigenvalue weighted by Gasteiger charge is 2.43. The molecule has 0 aromatic heterocycles. The van der Waals surface area contributed by atoms with Gasteiger partial charge in [0, 0.05) is 12.6 Å². The standard InChI is InChI=1S/C11H19F3N2O/c1-8(2)16(7-11(12,13)14)9(17)10(3)4-5-15-6-10/h8,15H,4-7H2,1-3H3. The highest BCUT2D eigenvalue weighted by molar-refractivity contribution is 5.83. The number of amides is 1. The molecular weight excluding hydrogens is 233 g/mol. The van der Waals surface area contributed by atoms with Crippen LogP contribution in [0.3, 0.4) is 0 Å². The first-order valence-electron chi connectivity index (χ1n) is 5.74. The predicted octanol–water partition coefficient (Wildman–Crippen LogP) is 1.79. The molecule has 1 heterocycles. The third kappa shape index (κ3) is 3.59. The van der Waals surface area contributed by atoms with Crippen LogP contribution in [0.2, 0.25) is 0 Å². The van der Waals surface area contributed by atoms with Crippen LogP contribution in [-0.4, -0.2) is 42.7 Å². The fourth-order valence-corrected chi connectivity index (χ4v) is 2.03. The lowest BCUT2D eigenvalue weighted by molar-refractivity contribution is -0.170. The zero-order valence-electron chi connectivity index (χ0n) is 10.4. The molecule has 6 heteroatoms. The van der Waals surface area contributed by atoms with Crippen molar-refractivity contribution in [1.29, 1.82) is 0 Å². The maximum atomic E-state index is 12.4. The van der Waals surface area contributed by atoms with E-state index in [9.17, 15) is 18.0 Å². The summed E-state index contributed by atoms with van der Waals surface area (Å²) >= 11 is 0. The van der Waals surface area contributed by atoms with Crippen molar-refractivity contribution in [2.45, 2.75) is 39.4 Å². The Hall–Kier alpha value is -0.780. The largest absolute Gasteiger partial charge is 0.406 e. The van der Waals surface area contributed by atoms with Crippen LogP contribution in [0.1, 0.15) is 27.2 Å². The second-order valence-electron chi connectivity index (χ2n) is 5.13. The average molecular weight is 252 g/mol. The van der Waals surface area contributed by atoms with Crippen LogP contribution in [-0.2, 0) is 4.79 Å². The predicted molar refractivity (Wildman–Crippen MR) is 58.5 cm³/mol. The van der Waals surface area contributed by atoms with E-state index in [1.807, 2.05) is 0 Å². The molecule has 0 aromatic carbocycles. The number of carbonyl (C=O) groups is 1. The van der Waals surface area contributed by atoms with Gasteiger partial charge in [0.1, 0.15) is 6.54 Å². The maximum absolute atomic E-state index is 12.4. The fourth-order valence-electron chi connectivity index (χ4n) is 2.03. The molecule has 3 nitrogen and oxygen atoms in total. The Kier molecular flexibility index (Phi) is 4.06. The molecule has 1 atom stereocenters. The molecule has 17 heavy (non-hydrogen) atoms. The van der Waals surface area contributed by atoms with Gasteiger partial charge < -0.3 is 10.2 Å². The molecule has 0 aromatic rings. The van der Waals surface area contributed by atoms with E-state index >= 15 is 0 Å². The molecule has 1 unspecified atom stereocenters. The zero-order chi connectivity index (χ0) is 13.3. The average Bonchev–Trinajstić information content (AvgIpc) is 2.60. The van der Waals surface area contributed by atoms with E-state index in [1.54, 1.807) is 20.8 Å². The first-order chi connectivity index (χ1) is 7.66. The number of hydrogen-bond donors (Lipinski definition) is 1. The minimum atomic E-state index is -4.34. The van der Waals surface area contributed by atoms with Crippen LogP contribution in [0.4, 0.5) is 13.2 Å². The van der Waals surface area contributed by atoms with Gasteiger partial charge in [-0.15, -0.1) is 0 Å². The lowest BCUT2D eigenvalue weighted by Gasteiger charge is -2.34. The molecule has 1 amide bonds. The van der Waals surface area contributed by atoms with Crippen molar-refractivity contribution in [1.82, 2.24) is 10.2 Å². The smallest absolute Gasteiger partial charge is 0.331 e. The lowest BCUT2D eigenvalue weighted by atomic mass is 9.87. The number of rotatable bonds is 3. The molecule has 1 rings (SSSR count). The van der Waals surface area contributed by atoms with Gasteiger partial charge in [0.15, 0.2) is 0 Å². The zero-order valence-corrected chi connectivity index (χ0v) is 10.4. The van der Waals surface area contributed by atoms with Crippen molar-refractivity contribution in [3.05, 3.63) is 0 Å². The lowest BCUT2D eigenvalue weighted by Crippen LogP contribution is -2.50. The van der Waals surface area contributed by atoms with Gasteiger partial charge in [-0.05, 0) is 33.7 Å². The van der Waals surface area contributed by atoms with Crippen molar-refractivity contribution in [2.24, 2.45) is 5.41 Å². The summed E-state index contributed by atoms with van der Waals surface area (Å²) in [5.74, 6) is -0.408. The third-order valence-electron chi connectivity index (χ3n) is 3.12. The molecule has 0 spiro atoms. The van der Waals surface area contributed by atoms with E-state index in [0.29, 0.717) is 19.5 Å². The first-order valence-corrected chi connectivity index (χ1v) is 5.74. The van der Waals surface area contributed by atoms with Crippen LogP contribution in [0.25, 0.3) is 0 Å². The Morgan fingerprint density at radius 2 is 2.06 bits per heavy atom. The topological polar surface area (TPSA) is 32.3 Å². The molecule has 1 aliphatic rings. The van der Waals surface area contributed by atoms with E-state index < -0.39 is 30.1 Å². The van der Waals surface area contributed by atoms with E-state index in [2.05, 4.69) is 5.32 Å². The van der Waals surface area contributed by atoms with Gasteiger partial charge in [-0.1, -0.05) is 0 Å². The molecule has 0 bridgehead atoms. The van der Waals surface area contributed by atoms with Gasteiger partial charge in [-0.2, -0.15) is 13.2 Å². The Balaban J connectivity index is 2.80. The van der Waals surface area contributed by atoms with E-state index in [0.717, 1.165) is 4.90 Å². The highest BCUT2D eigenvalue weighted by atomic mass is 19.4. The van der Waals surface area contributed by atoms with Gasteiger partial charge in [-0.3, -0.25) is 4.79 Å². The maximum Gasteiger partial charge on any atom is 0.406 e. The second kappa shape index (κ2) is 4.84. The Morgan fingerprint density at radius 1 is 1.47 bits per heavy atom. The molecule has 0 aliphatic carbocycles. The van der Waals surface area contributed by atoms with Crippen LogP contribution in [0, 0.1) is 5.41 Å². The summed E-state index contributed by atoms with van der Waals surface area (Å²) in [7, 11) is 0. The van der Waals surface area contributed by atoms with Crippen molar-refractivity contribution in [3.63, 3.8) is 0 Å². The number of alkyl halides is 3. The second-order valence-corrected chi connectivity index (χ2v) is 5.13. The van der Waals surface area contributed by atoms with E-state index in [4.69, 9.17) is 0 Å². The van der Waals surface area contributed by atoms with Crippen LogP contribution >= 0.6 is 0 Å². The van der Waals surface area contributed by atoms with Crippen LogP contribution in [0.15, 0.2) is 0 Å². The van der Waals surface area contributed by atoms with Crippen molar-refractivity contribution >= 4 is 5.91 Å². The number of carbonyl (C=O) groups excluding carboxylic acids is 1. The Bertz CT molecular complexity index is 283. The molecular formula is C11H19F3N2O. The minimum absolute atomic E-state index is 0.408. The summed E-state index contributed by atoms with van der Waals surface area (Å²) in [6.45, 7) is 4.90. The minimum Gasteiger partial charge on any atom is -0.331 e. The van der Waals surface area contributed by atoms with Gasteiger partial charge >= 0.3 is 6.18 Å². The van der Waals surface area contributed by atoms with Gasteiger partial charge in [0.05, 0.1) is 5.41 Å². The van der Waals surface area contributed by atoms with Gasteiger partial charge in [0.2, 0.25) is 5.91 Å². The quantitative estimate of drug-likeness (QED) is 0.830. The monoisotopic (exact) mass is 252 g/mol. The number of hydrogen-bond acceptors (Lipinski definition) is 2. The molecule has 1 fully saturated rings. The first kappa shape index (κ1) is 14.3. The Labute approximate surface area is 99.4 Å².